The molecule has 0 spiro atoms. The van der Waals surface area contributed by atoms with Gasteiger partial charge in [-0.3, -0.25) is 0 Å². The summed E-state index contributed by atoms with van der Waals surface area (Å²) in [6, 6.07) is 0.512. The van der Waals surface area contributed by atoms with E-state index in [1.165, 1.54) is 0 Å². The maximum Gasteiger partial charge on any atom is 0.0785 e. The zero-order valence-electron chi connectivity index (χ0n) is 10.7. The zero-order chi connectivity index (χ0) is 12.0. The van der Waals surface area contributed by atoms with Crippen LogP contribution >= 0.6 is 0 Å². The van der Waals surface area contributed by atoms with Crippen molar-refractivity contribution in [2.45, 2.75) is 50.9 Å². The van der Waals surface area contributed by atoms with Crippen molar-refractivity contribution in [3.8, 4) is 0 Å². The fourth-order valence-electron chi connectivity index (χ4n) is 2.14. The molecule has 0 radical (unpaired) electrons. The smallest absolute Gasteiger partial charge is 0.0785 e. The minimum absolute atomic E-state index is 0.0128. The Bertz CT molecular complexity index is 197. The molecular weight excluding hydrogens is 206 g/mol. The van der Waals surface area contributed by atoms with Crippen molar-refractivity contribution in [3.05, 3.63) is 0 Å². The minimum atomic E-state index is -0.356. The lowest BCUT2D eigenvalue weighted by Crippen LogP contribution is -2.44. The van der Waals surface area contributed by atoms with E-state index in [2.05, 4.69) is 19.2 Å². The predicted molar refractivity (Wildman–Crippen MR) is 63.6 cm³/mol. The second-order valence-corrected chi connectivity index (χ2v) is 5.15. The van der Waals surface area contributed by atoms with E-state index in [0.29, 0.717) is 12.6 Å². The van der Waals surface area contributed by atoms with E-state index >= 15 is 0 Å². The van der Waals surface area contributed by atoms with Gasteiger partial charge in [-0.1, -0.05) is 0 Å². The molecule has 16 heavy (non-hydrogen) atoms. The topological polar surface area (TPSA) is 50.7 Å². The molecule has 0 bridgehead atoms. The predicted octanol–water partition coefficient (Wildman–Crippen LogP) is 0.931. The molecule has 0 amide bonds. The molecule has 1 heterocycles. The Morgan fingerprint density at radius 2 is 2.31 bits per heavy atom. The molecule has 1 rings (SSSR count). The zero-order valence-corrected chi connectivity index (χ0v) is 10.7. The number of methoxy groups -OCH3 is 1. The van der Waals surface area contributed by atoms with Crippen molar-refractivity contribution in [2.75, 3.05) is 26.9 Å². The fraction of sp³-hybridized carbons (Fsp3) is 1.00. The Morgan fingerprint density at radius 1 is 1.56 bits per heavy atom. The summed E-state index contributed by atoms with van der Waals surface area (Å²) in [7, 11) is 1.61. The van der Waals surface area contributed by atoms with E-state index in [0.717, 1.165) is 32.4 Å². The molecule has 4 heteroatoms. The highest BCUT2D eigenvalue weighted by atomic mass is 16.5. The molecule has 4 nitrogen and oxygen atoms in total. The monoisotopic (exact) mass is 231 g/mol. The van der Waals surface area contributed by atoms with Gasteiger partial charge in [-0.25, -0.2) is 0 Å². The van der Waals surface area contributed by atoms with Gasteiger partial charge >= 0.3 is 0 Å². The highest BCUT2D eigenvalue weighted by Crippen LogP contribution is 2.23. The van der Waals surface area contributed by atoms with E-state index < -0.39 is 0 Å². The highest BCUT2D eigenvalue weighted by Gasteiger charge is 2.28. The van der Waals surface area contributed by atoms with Crippen LogP contribution in [0.3, 0.4) is 0 Å². The Morgan fingerprint density at radius 3 is 2.94 bits per heavy atom. The van der Waals surface area contributed by atoms with Crippen molar-refractivity contribution in [3.63, 3.8) is 0 Å². The van der Waals surface area contributed by atoms with Gasteiger partial charge in [0.2, 0.25) is 0 Å². The van der Waals surface area contributed by atoms with Crippen LogP contribution in [0, 0.1) is 0 Å². The van der Waals surface area contributed by atoms with E-state index in [-0.39, 0.29) is 11.7 Å². The Balaban J connectivity index is 2.13. The summed E-state index contributed by atoms with van der Waals surface area (Å²) in [6.45, 7) is 6.33. The number of aliphatic hydroxyl groups excluding tert-OH is 1. The average molecular weight is 231 g/mol. The molecule has 0 aromatic rings. The summed E-state index contributed by atoms with van der Waals surface area (Å²) in [5, 5.41) is 13.0. The second kappa shape index (κ2) is 6.55. The Kier molecular flexibility index (Phi) is 5.69. The van der Waals surface area contributed by atoms with Gasteiger partial charge in [0.25, 0.3) is 0 Å². The van der Waals surface area contributed by atoms with Crippen LogP contribution in [0.15, 0.2) is 0 Å². The number of hydrogen-bond acceptors (Lipinski definition) is 4. The van der Waals surface area contributed by atoms with Crippen LogP contribution in [0.5, 0.6) is 0 Å². The highest BCUT2D eigenvalue weighted by molar-refractivity contribution is 4.82. The molecule has 0 aromatic heterocycles. The average Bonchev–Trinajstić information content (AvgIpc) is 2.16. The molecule has 1 saturated heterocycles. The van der Waals surface area contributed by atoms with Gasteiger partial charge in [0.15, 0.2) is 0 Å². The van der Waals surface area contributed by atoms with Crippen molar-refractivity contribution in [1.82, 2.24) is 5.32 Å². The quantitative estimate of drug-likeness (QED) is 0.714. The molecule has 0 aliphatic carbocycles. The summed E-state index contributed by atoms with van der Waals surface area (Å²) in [6.07, 6.45) is 2.48. The van der Waals surface area contributed by atoms with Crippen LogP contribution in [-0.2, 0) is 9.47 Å². The first-order valence-corrected chi connectivity index (χ1v) is 6.08. The van der Waals surface area contributed by atoms with Crippen molar-refractivity contribution in [2.24, 2.45) is 0 Å². The molecule has 0 saturated carbocycles. The first-order valence-electron chi connectivity index (χ1n) is 6.08. The third-order valence-electron chi connectivity index (χ3n) is 2.97. The number of ether oxygens (including phenoxy) is 2. The van der Waals surface area contributed by atoms with Crippen molar-refractivity contribution in [1.29, 1.82) is 0 Å². The van der Waals surface area contributed by atoms with Gasteiger partial charge in [0.05, 0.1) is 18.3 Å². The lowest BCUT2D eigenvalue weighted by atomic mass is 9.94. The third-order valence-corrected chi connectivity index (χ3v) is 2.97. The summed E-state index contributed by atoms with van der Waals surface area (Å²) < 4.78 is 10.5. The number of nitrogens with one attached hydrogen (secondary N) is 1. The first-order chi connectivity index (χ1) is 7.53. The summed E-state index contributed by atoms with van der Waals surface area (Å²) >= 11 is 0. The first kappa shape index (κ1) is 13.9. The maximum atomic E-state index is 9.49. The summed E-state index contributed by atoms with van der Waals surface area (Å²) in [4.78, 5) is 0. The van der Waals surface area contributed by atoms with E-state index in [1.807, 2.05) is 0 Å². The van der Waals surface area contributed by atoms with Crippen LogP contribution in [0.2, 0.25) is 0 Å². The third kappa shape index (κ3) is 5.25. The van der Waals surface area contributed by atoms with E-state index in [9.17, 15) is 5.11 Å². The van der Waals surface area contributed by atoms with Crippen LogP contribution in [0.1, 0.15) is 33.1 Å². The van der Waals surface area contributed by atoms with Gasteiger partial charge in [-0.05, 0) is 39.7 Å². The number of aliphatic hydroxyl groups is 1. The van der Waals surface area contributed by atoms with E-state index in [1.54, 1.807) is 7.11 Å². The molecule has 2 atom stereocenters. The maximum absolute atomic E-state index is 9.49. The molecule has 1 aliphatic heterocycles. The van der Waals surface area contributed by atoms with Crippen molar-refractivity contribution < 1.29 is 14.6 Å². The lowest BCUT2D eigenvalue weighted by Gasteiger charge is -2.36. The van der Waals surface area contributed by atoms with E-state index in [4.69, 9.17) is 9.47 Å². The normalized spacial score (nSPS) is 26.6. The molecule has 96 valence electrons. The van der Waals surface area contributed by atoms with Gasteiger partial charge < -0.3 is 19.9 Å². The molecule has 1 fully saturated rings. The molecule has 1 aliphatic rings. The van der Waals surface area contributed by atoms with Crippen LogP contribution in [0.4, 0.5) is 0 Å². The minimum Gasteiger partial charge on any atom is -0.391 e. The molecular formula is C12H25NO3. The lowest BCUT2D eigenvalue weighted by molar-refractivity contribution is -0.0631. The fourth-order valence-corrected chi connectivity index (χ4v) is 2.14. The van der Waals surface area contributed by atoms with Crippen LogP contribution in [-0.4, -0.2) is 49.7 Å². The summed E-state index contributed by atoms with van der Waals surface area (Å²) in [5.74, 6) is 0. The molecule has 2 N–H and O–H groups in total. The Hall–Kier alpha value is -0.160. The molecule has 0 aromatic carbocycles. The van der Waals surface area contributed by atoms with Crippen molar-refractivity contribution >= 4 is 0 Å². The van der Waals surface area contributed by atoms with Crippen LogP contribution in [0.25, 0.3) is 0 Å². The van der Waals surface area contributed by atoms with Gasteiger partial charge in [0.1, 0.15) is 0 Å². The molecule has 2 unspecified atom stereocenters. The number of rotatable bonds is 6. The number of hydrogen-bond donors (Lipinski definition) is 2. The van der Waals surface area contributed by atoms with Gasteiger partial charge in [0, 0.05) is 19.8 Å². The van der Waals surface area contributed by atoms with Gasteiger partial charge in [-0.2, -0.15) is 0 Å². The van der Waals surface area contributed by atoms with Crippen LogP contribution < -0.4 is 5.32 Å². The van der Waals surface area contributed by atoms with Gasteiger partial charge in [-0.15, -0.1) is 0 Å². The standard InChI is InChI=1S/C12H25NO3/c1-12(2)8-10(5-7-16-12)13-6-4-11(14)9-15-3/h10-11,13-14H,4-9H2,1-3H3. The summed E-state index contributed by atoms with van der Waals surface area (Å²) in [5.41, 5.74) is -0.0128. The largest absolute Gasteiger partial charge is 0.391 e. The SMILES string of the molecule is COCC(O)CCNC1CCOC(C)(C)C1. The second-order valence-electron chi connectivity index (χ2n) is 5.15. The Labute approximate surface area is 98.3 Å².